The van der Waals surface area contributed by atoms with Crippen LogP contribution in [0.3, 0.4) is 0 Å². The molecular weight excluding hydrogens is 342 g/mol. The fraction of sp³-hybridized carbons (Fsp3) is 0.619. The second-order valence-electron chi connectivity index (χ2n) is 7.70. The van der Waals surface area contributed by atoms with E-state index in [4.69, 9.17) is 4.74 Å². The highest BCUT2D eigenvalue weighted by Gasteiger charge is 2.38. The Kier molecular flexibility index (Phi) is 6.37. The number of carbonyl (C=O) groups is 2. The number of amides is 2. The van der Waals surface area contributed by atoms with Gasteiger partial charge < -0.3 is 15.0 Å². The predicted octanol–water partition coefficient (Wildman–Crippen LogP) is 2.52. The Morgan fingerprint density at radius 2 is 1.81 bits per heavy atom. The molecule has 2 aliphatic heterocycles. The Labute approximate surface area is 161 Å². The zero-order valence-electron chi connectivity index (χ0n) is 16.6. The molecule has 0 radical (unpaired) electrons. The number of piperidine rings is 1. The van der Waals surface area contributed by atoms with E-state index in [0.717, 1.165) is 39.0 Å². The number of likely N-dealkylation sites (tertiary alicyclic amines) is 2. The summed E-state index contributed by atoms with van der Waals surface area (Å²) in [4.78, 5) is 27.9. The van der Waals surface area contributed by atoms with Crippen LogP contribution in [0, 0.1) is 6.92 Å². The zero-order chi connectivity index (χ0) is 19.4. The molecule has 2 saturated heterocycles. The first-order valence-corrected chi connectivity index (χ1v) is 9.97. The van der Waals surface area contributed by atoms with Gasteiger partial charge in [0.1, 0.15) is 0 Å². The van der Waals surface area contributed by atoms with Crippen LogP contribution in [0.4, 0.5) is 4.79 Å². The predicted molar refractivity (Wildman–Crippen MR) is 105 cm³/mol. The van der Waals surface area contributed by atoms with Crippen LogP contribution in [0.2, 0.25) is 0 Å². The van der Waals surface area contributed by atoms with E-state index in [0.29, 0.717) is 18.6 Å². The van der Waals surface area contributed by atoms with E-state index in [1.807, 2.05) is 6.92 Å². The van der Waals surface area contributed by atoms with Crippen LogP contribution in [0.25, 0.3) is 0 Å². The molecule has 1 aromatic carbocycles. The van der Waals surface area contributed by atoms with Gasteiger partial charge in [0.05, 0.1) is 6.61 Å². The van der Waals surface area contributed by atoms with E-state index in [1.54, 1.807) is 11.8 Å². The number of ether oxygens (including phenoxy) is 1. The minimum Gasteiger partial charge on any atom is -0.450 e. The molecule has 6 heteroatoms. The minimum atomic E-state index is -0.203. The summed E-state index contributed by atoms with van der Waals surface area (Å²) in [6, 6.07) is 9.22. The second kappa shape index (κ2) is 8.74. The first-order valence-electron chi connectivity index (χ1n) is 9.97. The van der Waals surface area contributed by atoms with Crippen molar-refractivity contribution < 1.29 is 14.3 Å². The summed E-state index contributed by atoms with van der Waals surface area (Å²) in [5.41, 5.74) is 2.53. The first kappa shape index (κ1) is 19.7. The van der Waals surface area contributed by atoms with Gasteiger partial charge in [0.15, 0.2) is 0 Å². The molecule has 27 heavy (non-hydrogen) atoms. The van der Waals surface area contributed by atoms with Crippen molar-refractivity contribution in [2.24, 2.45) is 0 Å². The largest absolute Gasteiger partial charge is 0.450 e. The summed E-state index contributed by atoms with van der Waals surface area (Å²) >= 11 is 0. The van der Waals surface area contributed by atoms with Gasteiger partial charge in [-0.3, -0.25) is 9.69 Å². The summed E-state index contributed by atoms with van der Waals surface area (Å²) in [6.45, 7) is 9.21. The van der Waals surface area contributed by atoms with Gasteiger partial charge in [0, 0.05) is 51.1 Å². The monoisotopic (exact) mass is 373 g/mol. The van der Waals surface area contributed by atoms with Crippen LogP contribution in [0.15, 0.2) is 24.3 Å². The number of carbonyl (C=O) groups excluding carboxylic acids is 2. The lowest BCUT2D eigenvalue weighted by atomic mass is 9.93. The Hall–Kier alpha value is -2.08. The molecule has 2 fully saturated rings. The molecule has 2 amide bonds. The number of benzene rings is 1. The average molecular weight is 373 g/mol. The lowest BCUT2D eigenvalue weighted by Crippen LogP contribution is -2.47. The number of hydrogen-bond acceptors (Lipinski definition) is 4. The average Bonchev–Trinajstić information content (AvgIpc) is 3.06. The molecule has 0 saturated carbocycles. The molecule has 2 aliphatic rings. The van der Waals surface area contributed by atoms with Crippen LogP contribution < -0.4 is 5.32 Å². The highest BCUT2D eigenvalue weighted by Crippen LogP contribution is 2.31. The van der Waals surface area contributed by atoms with Gasteiger partial charge in [-0.25, -0.2) is 4.79 Å². The lowest BCUT2D eigenvalue weighted by Gasteiger charge is -2.36. The molecule has 0 aliphatic carbocycles. The number of aryl methyl sites for hydroxylation is 1. The van der Waals surface area contributed by atoms with E-state index in [-0.39, 0.29) is 18.0 Å². The smallest absolute Gasteiger partial charge is 0.409 e. The minimum absolute atomic E-state index is 0.0242. The molecule has 0 spiro atoms. The highest BCUT2D eigenvalue weighted by atomic mass is 16.6. The highest BCUT2D eigenvalue weighted by molar-refractivity contribution is 5.73. The van der Waals surface area contributed by atoms with Crippen molar-refractivity contribution in [3.8, 4) is 0 Å². The lowest BCUT2D eigenvalue weighted by molar-refractivity contribution is -0.119. The zero-order valence-corrected chi connectivity index (χ0v) is 16.6. The molecule has 0 unspecified atom stereocenters. The Bertz CT molecular complexity index is 653. The van der Waals surface area contributed by atoms with Crippen LogP contribution >= 0.6 is 0 Å². The van der Waals surface area contributed by atoms with E-state index in [1.165, 1.54) is 11.1 Å². The standard InChI is InChI=1S/C21H31N3O3/c1-4-27-21(26)23-11-9-18(10-12-23)24-13-19(20(14-24)22-16(3)25)17-7-5-15(2)6-8-17/h5-8,18-20H,4,9-14H2,1-3H3,(H,22,25)/t19-,20+/m0/s1. The molecule has 1 N–H and O–H groups in total. The Morgan fingerprint density at radius 3 is 2.41 bits per heavy atom. The van der Waals surface area contributed by atoms with Crippen LogP contribution in [0.5, 0.6) is 0 Å². The summed E-state index contributed by atoms with van der Waals surface area (Å²) in [5.74, 6) is 0.327. The van der Waals surface area contributed by atoms with Crippen molar-refractivity contribution in [1.29, 1.82) is 0 Å². The van der Waals surface area contributed by atoms with Crippen LogP contribution in [-0.2, 0) is 9.53 Å². The van der Waals surface area contributed by atoms with Gasteiger partial charge in [-0.05, 0) is 32.3 Å². The third-order valence-electron chi connectivity index (χ3n) is 5.75. The van der Waals surface area contributed by atoms with Gasteiger partial charge in [-0.15, -0.1) is 0 Å². The Balaban J connectivity index is 1.64. The molecule has 0 aromatic heterocycles. The van der Waals surface area contributed by atoms with Gasteiger partial charge in [0.25, 0.3) is 0 Å². The maximum Gasteiger partial charge on any atom is 0.409 e. The third kappa shape index (κ3) is 4.80. The number of hydrogen-bond donors (Lipinski definition) is 1. The molecule has 2 heterocycles. The van der Waals surface area contributed by atoms with E-state index in [2.05, 4.69) is 41.4 Å². The fourth-order valence-electron chi connectivity index (χ4n) is 4.32. The Morgan fingerprint density at radius 1 is 1.15 bits per heavy atom. The maximum absolute atomic E-state index is 11.9. The van der Waals surface area contributed by atoms with Crippen molar-refractivity contribution in [3.63, 3.8) is 0 Å². The van der Waals surface area contributed by atoms with E-state index >= 15 is 0 Å². The topological polar surface area (TPSA) is 61.9 Å². The van der Waals surface area contributed by atoms with Crippen molar-refractivity contribution >= 4 is 12.0 Å². The van der Waals surface area contributed by atoms with Crippen LogP contribution in [-0.4, -0.2) is 66.7 Å². The van der Waals surface area contributed by atoms with Crippen molar-refractivity contribution in [2.75, 3.05) is 32.8 Å². The van der Waals surface area contributed by atoms with Gasteiger partial charge in [-0.1, -0.05) is 29.8 Å². The maximum atomic E-state index is 11.9. The summed E-state index contributed by atoms with van der Waals surface area (Å²) in [7, 11) is 0. The van der Waals surface area contributed by atoms with E-state index < -0.39 is 0 Å². The van der Waals surface area contributed by atoms with Gasteiger partial charge in [-0.2, -0.15) is 0 Å². The fourth-order valence-corrected chi connectivity index (χ4v) is 4.32. The SMILES string of the molecule is CCOC(=O)N1CCC(N2C[C@@H](NC(C)=O)[C@H](c3ccc(C)cc3)C2)CC1. The van der Waals surface area contributed by atoms with Crippen molar-refractivity contribution in [2.45, 2.75) is 51.6 Å². The van der Waals surface area contributed by atoms with Gasteiger partial charge in [0.2, 0.25) is 5.91 Å². The third-order valence-corrected chi connectivity index (χ3v) is 5.75. The molecule has 148 valence electrons. The number of nitrogens with one attached hydrogen (secondary N) is 1. The molecule has 2 atom stereocenters. The first-order chi connectivity index (χ1) is 13.0. The van der Waals surface area contributed by atoms with Crippen LogP contribution in [0.1, 0.15) is 43.7 Å². The number of nitrogens with zero attached hydrogens (tertiary/aromatic N) is 2. The van der Waals surface area contributed by atoms with Crippen molar-refractivity contribution in [1.82, 2.24) is 15.1 Å². The van der Waals surface area contributed by atoms with Gasteiger partial charge >= 0.3 is 6.09 Å². The molecule has 1 aromatic rings. The quantitative estimate of drug-likeness (QED) is 0.881. The molecular formula is C21H31N3O3. The molecule has 0 bridgehead atoms. The van der Waals surface area contributed by atoms with Crippen molar-refractivity contribution in [3.05, 3.63) is 35.4 Å². The molecule has 6 nitrogen and oxygen atoms in total. The summed E-state index contributed by atoms with van der Waals surface area (Å²) < 4.78 is 5.11. The number of rotatable bonds is 4. The molecule has 3 rings (SSSR count). The normalized spacial score (nSPS) is 24.0. The summed E-state index contributed by atoms with van der Waals surface area (Å²) in [6.07, 6.45) is 1.70. The van der Waals surface area contributed by atoms with E-state index in [9.17, 15) is 9.59 Å². The second-order valence-corrected chi connectivity index (χ2v) is 7.70. The summed E-state index contributed by atoms with van der Waals surface area (Å²) in [5, 5.41) is 3.15.